The first-order valence-corrected chi connectivity index (χ1v) is 7.41. The van der Waals surface area contributed by atoms with E-state index in [9.17, 15) is 9.59 Å². The molecule has 0 spiro atoms. The van der Waals surface area contributed by atoms with Gasteiger partial charge in [-0.25, -0.2) is 4.79 Å². The minimum Gasteiger partial charge on any atom is -0.478 e. The Hall–Kier alpha value is -2.30. The quantitative estimate of drug-likeness (QED) is 0.783. The number of hydrogen-bond donors (Lipinski definition) is 2. The number of amides is 1. The minimum atomic E-state index is -1.10. The highest BCUT2D eigenvalue weighted by Crippen LogP contribution is 2.24. The summed E-state index contributed by atoms with van der Waals surface area (Å²) in [5.74, 6) is -1.49. The SMILES string of the molecule is C/C(=C\c1ccccc1Cl)C(=O)Nc1cc(C(=O)O)ccc1Cl. The van der Waals surface area contributed by atoms with Crippen LogP contribution in [0.2, 0.25) is 10.0 Å². The maximum absolute atomic E-state index is 12.2. The number of aromatic carboxylic acids is 1. The van der Waals surface area contributed by atoms with Crippen molar-refractivity contribution in [1.82, 2.24) is 0 Å². The summed E-state index contributed by atoms with van der Waals surface area (Å²) in [6, 6.07) is 11.2. The molecule has 2 aromatic carbocycles. The van der Waals surface area contributed by atoms with Crippen molar-refractivity contribution < 1.29 is 14.7 Å². The van der Waals surface area contributed by atoms with Gasteiger partial charge >= 0.3 is 5.97 Å². The van der Waals surface area contributed by atoms with Crippen molar-refractivity contribution in [2.75, 3.05) is 5.32 Å². The van der Waals surface area contributed by atoms with Crippen LogP contribution in [-0.2, 0) is 4.79 Å². The molecule has 23 heavy (non-hydrogen) atoms. The zero-order chi connectivity index (χ0) is 17.0. The highest BCUT2D eigenvalue weighted by Gasteiger charge is 2.11. The molecule has 0 bridgehead atoms. The van der Waals surface area contributed by atoms with Crippen molar-refractivity contribution in [3.8, 4) is 0 Å². The van der Waals surface area contributed by atoms with Crippen molar-refractivity contribution in [3.05, 3.63) is 69.2 Å². The summed E-state index contributed by atoms with van der Waals surface area (Å²) in [6.07, 6.45) is 1.65. The fourth-order valence-corrected chi connectivity index (χ4v) is 2.22. The number of benzene rings is 2. The van der Waals surface area contributed by atoms with Crippen molar-refractivity contribution in [1.29, 1.82) is 0 Å². The summed E-state index contributed by atoms with van der Waals surface area (Å²) in [5.41, 5.74) is 1.41. The largest absolute Gasteiger partial charge is 0.478 e. The highest BCUT2D eigenvalue weighted by atomic mass is 35.5. The monoisotopic (exact) mass is 349 g/mol. The smallest absolute Gasteiger partial charge is 0.335 e. The molecule has 0 aliphatic rings. The van der Waals surface area contributed by atoms with E-state index >= 15 is 0 Å². The van der Waals surface area contributed by atoms with Crippen molar-refractivity contribution >= 4 is 46.8 Å². The van der Waals surface area contributed by atoms with Gasteiger partial charge in [-0.2, -0.15) is 0 Å². The zero-order valence-corrected chi connectivity index (χ0v) is 13.7. The van der Waals surface area contributed by atoms with E-state index in [4.69, 9.17) is 28.3 Å². The summed E-state index contributed by atoms with van der Waals surface area (Å²) in [5, 5.41) is 12.4. The van der Waals surface area contributed by atoms with Crippen LogP contribution in [0.4, 0.5) is 5.69 Å². The van der Waals surface area contributed by atoms with E-state index in [0.717, 1.165) is 0 Å². The van der Waals surface area contributed by atoms with Gasteiger partial charge in [-0.05, 0) is 42.8 Å². The molecule has 0 aliphatic heterocycles. The van der Waals surface area contributed by atoms with Gasteiger partial charge in [0.25, 0.3) is 5.91 Å². The van der Waals surface area contributed by atoms with Crippen molar-refractivity contribution in [2.45, 2.75) is 6.92 Å². The topological polar surface area (TPSA) is 66.4 Å². The molecule has 1 amide bonds. The molecular weight excluding hydrogens is 337 g/mol. The molecule has 2 aromatic rings. The van der Waals surface area contributed by atoms with Crippen LogP contribution in [0.3, 0.4) is 0 Å². The number of carboxylic acids is 1. The lowest BCUT2D eigenvalue weighted by molar-refractivity contribution is -0.112. The van der Waals surface area contributed by atoms with Crippen LogP contribution < -0.4 is 5.32 Å². The van der Waals surface area contributed by atoms with E-state index in [-0.39, 0.29) is 16.3 Å². The number of carbonyl (C=O) groups excluding carboxylic acids is 1. The predicted octanol–water partition coefficient (Wildman–Crippen LogP) is 4.73. The van der Waals surface area contributed by atoms with Crippen LogP contribution in [0, 0.1) is 0 Å². The molecule has 0 saturated carbocycles. The minimum absolute atomic E-state index is 0.0393. The van der Waals surface area contributed by atoms with Crippen LogP contribution in [0.25, 0.3) is 6.08 Å². The highest BCUT2D eigenvalue weighted by molar-refractivity contribution is 6.34. The number of rotatable bonds is 4. The first kappa shape index (κ1) is 17.1. The van der Waals surface area contributed by atoms with Crippen LogP contribution in [-0.4, -0.2) is 17.0 Å². The lowest BCUT2D eigenvalue weighted by Gasteiger charge is -2.09. The Kier molecular flexibility index (Phi) is 5.42. The third kappa shape index (κ3) is 4.34. The molecule has 6 heteroatoms. The number of anilines is 1. The standard InChI is InChI=1S/C17H13Cl2NO3/c1-10(8-11-4-2-3-5-13(11)18)16(21)20-15-9-12(17(22)23)6-7-14(15)19/h2-9H,1H3,(H,20,21)(H,22,23)/b10-8+. The number of hydrogen-bond acceptors (Lipinski definition) is 2. The Labute approximate surface area is 143 Å². The molecule has 2 N–H and O–H groups in total. The first-order chi connectivity index (χ1) is 10.9. The van der Waals surface area contributed by atoms with E-state index in [0.29, 0.717) is 16.2 Å². The summed E-state index contributed by atoms with van der Waals surface area (Å²) in [6.45, 7) is 1.63. The molecular formula is C17H13Cl2NO3. The summed E-state index contributed by atoms with van der Waals surface area (Å²) >= 11 is 12.0. The Morgan fingerprint density at radius 1 is 1.09 bits per heavy atom. The van der Waals surface area contributed by atoms with Gasteiger partial charge in [0, 0.05) is 10.6 Å². The summed E-state index contributed by atoms with van der Waals surface area (Å²) < 4.78 is 0. The number of carbonyl (C=O) groups is 2. The van der Waals surface area contributed by atoms with Crippen molar-refractivity contribution in [3.63, 3.8) is 0 Å². The van der Waals surface area contributed by atoms with Gasteiger partial charge in [-0.15, -0.1) is 0 Å². The molecule has 0 heterocycles. The third-order valence-electron chi connectivity index (χ3n) is 3.10. The van der Waals surface area contributed by atoms with Crippen LogP contribution in [0.1, 0.15) is 22.8 Å². The Bertz CT molecular complexity index is 800. The Balaban J connectivity index is 2.23. The molecule has 0 saturated heterocycles. The van der Waals surface area contributed by atoms with Gasteiger partial charge in [0.15, 0.2) is 0 Å². The maximum Gasteiger partial charge on any atom is 0.335 e. The second-order valence-electron chi connectivity index (χ2n) is 4.80. The van der Waals surface area contributed by atoms with Crippen LogP contribution in [0.15, 0.2) is 48.0 Å². The summed E-state index contributed by atoms with van der Waals surface area (Å²) in [4.78, 5) is 23.2. The first-order valence-electron chi connectivity index (χ1n) is 6.65. The Morgan fingerprint density at radius 2 is 1.78 bits per heavy atom. The normalized spacial score (nSPS) is 11.2. The summed E-state index contributed by atoms with van der Waals surface area (Å²) in [7, 11) is 0. The molecule has 4 nitrogen and oxygen atoms in total. The van der Waals surface area contributed by atoms with E-state index in [1.54, 1.807) is 31.2 Å². The molecule has 0 aliphatic carbocycles. The third-order valence-corrected chi connectivity index (χ3v) is 3.77. The molecule has 0 fully saturated rings. The van der Waals surface area contributed by atoms with Gasteiger partial charge in [0.2, 0.25) is 0 Å². The molecule has 0 aromatic heterocycles. The Morgan fingerprint density at radius 3 is 2.43 bits per heavy atom. The van der Waals surface area contributed by atoms with E-state index in [2.05, 4.69) is 5.32 Å². The second kappa shape index (κ2) is 7.31. The molecule has 0 radical (unpaired) electrons. The maximum atomic E-state index is 12.2. The van der Waals surface area contributed by atoms with Crippen LogP contribution >= 0.6 is 23.2 Å². The van der Waals surface area contributed by atoms with Gasteiger partial charge in [0.1, 0.15) is 0 Å². The zero-order valence-electron chi connectivity index (χ0n) is 12.1. The van der Waals surface area contributed by atoms with Gasteiger partial charge in [-0.3, -0.25) is 4.79 Å². The predicted molar refractivity (Wildman–Crippen MR) is 92.1 cm³/mol. The van der Waals surface area contributed by atoms with Crippen molar-refractivity contribution in [2.24, 2.45) is 0 Å². The van der Waals surface area contributed by atoms with E-state index < -0.39 is 11.9 Å². The van der Waals surface area contributed by atoms with Gasteiger partial charge in [0.05, 0.1) is 16.3 Å². The van der Waals surface area contributed by atoms with Gasteiger partial charge in [-0.1, -0.05) is 41.4 Å². The number of carboxylic acid groups (broad SMARTS) is 1. The van der Waals surface area contributed by atoms with Gasteiger partial charge < -0.3 is 10.4 Å². The molecule has 0 atom stereocenters. The lowest BCUT2D eigenvalue weighted by Crippen LogP contribution is -2.13. The fourth-order valence-electron chi connectivity index (χ4n) is 1.87. The second-order valence-corrected chi connectivity index (χ2v) is 5.62. The molecule has 2 rings (SSSR count). The van der Waals surface area contributed by atoms with E-state index in [1.165, 1.54) is 18.2 Å². The average Bonchev–Trinajstić information content (AvgIpc) is 2.51. The lowest BCUT2D eigenvalue weighted by atomic mass is 10.1. The average molecular weight is 350 g/mol. The fraction of sp³-hybridized carbons (Fsp3) is 0.0588. The number of nitrogens with one attached hydrogen (secondary N) is 1. The van der Waals surface area contributed by atoms with Crippen LogP contribution in [0.5, 0.6) is 0 Å². The number of halogens is 2. The van der Waals surface area contributed by atoms with E-state index in [1.807, 2.05) is 6.07 Å². The molecule has 0 unspecified atom stereocenters. The molecule has 118 valence electrons.